The normalized spacial score (nSPS) is 18.0. The Morgan fingerprint density at radius 1 is 1.00 bits per heavy atom. The molecule has 0 aromatic heterocycles. The van der Waals surface area contributed by atoms with Crippen molar-refractivity contribution in [2.75, 3.05) is 0 Å². The molecule has 0 bridgehead atoms. The number of nitrogens with one attached hydrogen (secondary N) is 1. The van der Waals surface area contributed by atoms with Crippen molar-refractivity contribution in [3.63, 3.8) is 0 Å². The maximum atomic E-state index is 13.8. The zero-order valence-electron chi connectivity index (χ0n) is 22.6. The number of benzene rings is 3. The van der Waals surface area contributed by atoms with Crippen LogP contribution in [0.1, 0.15) is 67.1 Å². The summed E-state index contributed by atoms with van der Waals surface area (Å²) in [7, 11) is 0. The van der Waals surface area contributed by atoms with Crippen molar-refractivity contribution < 1.29 is 14.3 Å². The molecule has 0 radical (unpaired) electrons. The Hall–Kier alpha value is -3.15. The molecule has 1 amide bonds. The third-order valence-electron chi connectivity index (χ3n) is 6.53. The molecule has 1 aliphatic rings. The van der Waals surface area contributed by atoms with Gasteiger partial charge < -0.3 is 10.1 Å². The predicted molar refractivity (Wildman–Crippen MR) is 162 cm³/mol. The summed E-state index contributed by atoms with van der Waals surface area (Å²) in [5.41, 5.74) is 5.06. The molecule has 0 spiro atoms. The van der Waals surface area contributed by atoms with Gasteiger partial charge in [-0.1, -0.05) is 93.8 Å². The van der Waals surface area contributed by atoms with E-state index in [9.17, 15) is 9.59 Å². The highest BCUT2D eigenvalue weighted by atomic mass is 79.9. The standard InChI is InChI=1S/C33H33BrClNO3/c1-22-21-33(35,19-18-28(22)24-8-6-5-7-9-24)36-30(37)29(25-14-16-27(34)17-15-25)20-23-10-12-26(13-11-23)31(38)39-32(2,3)4/h5-19,29H,20-21H2,1-4H3,(H,36,37). The lowest BCUT2D eigenvalue weighted by molar-refractivity contribution is -0.123. The van der Waals surface area contributed by atoms with Crippen LogP contribution >= 0.6 is 27.5 Å². The molecular weight excluding hydrogens is 574 g/mol. The lowest BCUT2D eigenvalue weighted by atomic mass is 9.88. The summed E-state index contributed by atoms with van der Waals surface area (Å²) in [5, 5.41) is 3.11. The van der Waals surface area contributed by atoms with E-state index in [-0.39, 0.29) is 11.9 Å². The second-order valence-electron chi connectivity index (χ2n) is 10.9. The Balaban J connectivity index is 1.53. The zero-order chi connectivity index (χ0) is 28.2. The van der Waals surface area contributed by atoms with Crippen molar-refractivity contribution in [2.45, 2.75) is 57.1 Å². The number of halogens is 2. The molecule has 0 fully saturated rings. The molecule has 0 saturated carbocycles. The number of carbonyl (C=O) groups excluding carboxylic acids is 2. The van der Waals surface area contributed by atoms with Crippen molar-refractivity contribution in [1.29, 1.82) is 0 Å². The molecule has 3 aromatic rings. The van der Waals surface area contributed by atoms with Crippen molar-refractivity contribution in [3.8, 4) is 0 Å². The van der Waals surface area contributed by atoms with Gasteiger partial charge in [-0.15, -0.1) is 0 Å². The number of rotatable bonds is 7. The van der Waals surface area contributed by atoms with Crippen LogP contribution < -0.4 is 5.32 Å². The number of carbonyl (C=O) groups is 2. The summed E-state index contributed by atoms with van der Waals surface area (Å²) in [5.74, 6) is -1.01. The van der Waals surface area contributed by atoms with E-state index in [4.69, 9.17) is 16.3 Å². The smallest absolute Gasteiger partial charge is 0.338 e. The van der Waals surface area contributed by atoms with Crippen molar-refractivity contribution in [3.05, 3.63) is 123 Å². The van der Waals surface area contributed by atoms with Gasteiger partial charge in [0.05, 0.1) is 11.5 Å². The zero-order valence-corrected chi connectivity index (χ0v) is 25.0. The molecule has 1 N–H and O–H groups in total. The molecule has 2 unspecified atom stereocenters. The van der Waals surface area contributed by atoms with Crippen LogP contribution in [0.5, 0.6) is 0 Å². The maximum Gasteiger partial charge on any atom is 0.338 e. The highest BCUT2D eigenvalue weighted by Crippen LogP contribution is 2.35. The monoisotopic (exact) mass is 605 g/mol. The summed E-state index contributed by atoms with van der Waals surface area (Å²) < 4.78 is 6.41. The third-order valence-corrected chi connectivity index (χ3v) is 7.41. The lowest BCUT2D eigenvalue weighted by Crippen LogP contribution is -2.46. The quantitative estimate of drug-likeness (QED) is 0.168. The van der Waals surface area contributed by atoms with E-state index >= 15 is 0 Å². The average molecular weight is 607 g/mol. The van der Waals surface area contributed by atoms with Crippen LogP contribution in [0.3, 0.4) is 0 Å². The molecule has 0 aliphatic heterocycles. The molecule has 2 atom stereocenters. The van der Waals surface area contributed by atoms with Crippen LogP contribution in [0.15, 0.2) is 101 Å². The van der Waals surface area contributed by atoms with Gasteiger partial charge in [0.2, 0.25) is 5.91 Å². The summed E-state index contributed by atoms with van der Waals surface area (Å²) in [6.07, 6.45) is 4.81. The minimum atomic E-state index is -1.02. The van der Waals surface area contributed by atoms with Crippen LogP contribution in [0, 0.1) is 0 Å². The van der Waals surface area contributed by atoms with Crippen LogP contribution in [-0.2, 0) is 16.0 Å². The molecule has 39 heavy (non-hydrogen) atoms. The predicted octanol–water partition coefficient (Wildman–Crippen LogP) is 8.22. The van der Waals surface area contributed by atoms with Gasteiger partial charge in [-0.25, -0.2) is 4.79 Å². The largest absolute Gasteiger partial charge is 0.456 e. The Morgan fingerprint density at radius 3 is 2.23 bits per heavy atom. The fourth-order valence-corrected chi connectivity index (χ4v) is 5.26. The van der Waals surface area contributed by atoms with E-state index in [0.29, 0.717) is 18.4 Å². The van der Waals surface area contributed by atoms with E-state index in [0.717, 1.165) is 32.3 Å². The van der Waals surface area contributed by atoms with E-state index in [1.165, 1.54) is 0 Å². The van der Waals surface area contributed by atoms with Gasteiger partial charge in [0.1, 0.15) is 10.6 Å². The molecule has 1 aliphatic carbocycles. The molecule has 0 saturated heterocycles. The van der Waals surface area contributed by atoms with Crippen LogP contribution in [-0.4, -0.2) is 22.5 Å². The van der Waals surface area contributed by atoms with Gasteiger partial charge in [-0.05, 0) is 86.7 Å². The number of alkyl halides is 1. The Kier molecular flexibility index (Phi) is 8.83. The number of ether oxygens (including phenoxy) is 1. The van der Waals surface area contributed by atoms with Gasteiger partial charge in [0, 0.05) is 10.9 Å². The van der Waals surface area contributed by atoms with Crippen molar-refractivity contribution >= 4 is 45.0 Å². The van der Waals surface area contributed by atoms with E-state index in [2.05, 4.69) is 33.4 Å². The SMILES string of the molecule is CC1=C(c2ccccc2)C=CC(Cl)(NC(=O)C(Cc2ccc(C(=O)OC(C)(C)C)cc2)c2ccc(Br)cc2)C1. The number of allylic oxidation sites excluding steroid dienone is 2. The van der Waals surface area contributed by atoms with Gasteiger partial charge in [0.25, 0.3) is 0 Å². The topological polar surface area (TPSA) is 55.4 Å². The van der Waals surface area contributed by atoms with Gasteiger partial charge >= 0.3 is 5.97 Å². The Morgan fingerprint density at radius 2 is 1.64 bits per heavy atom. The lowest BCUT2D eigenvalue weighted by Gasteiger charge is -2.31. The summed E-state index contributed by atoms with van der Waals surface area (Å²) in [6.45, 7) is 7.57. The van der Waals surface area contributed by atoms with E-state index in [1.54, 1.807) is 12.1 Å². The van der Waals surface area contributed by atoms with Crippen molar-refractivity contribution in [1.82, 2.24) is 5.32 Å². The summed E-state index contributed by atoms with van der Waals surface area (Å²) in [4.78, 5) is 25.2. The maximum absolute atomic E-state index is 13.8. The van der Waals surface area contributed by atoms with E-state index in [1.807, 2.05) is 94.4 Å². The van der Waals surface area contributed by atoms with Crippen LogP contribution in [0.4, 0.5) is 0 Å². The summed E-state index contributed by atoms with van der Waals surface area (Å²) >= 11 is 10.5. The summed E-state index contributed by atoms with van der Waals surface area (Å²) in [6, 6.07) is 25.1. The fraction of sp³-hybridized carbons (Fsp3) is 0.273. The highest BCUT2D eigenvalue weighted by Gasteiger charge is 2.33. The van der Waals surface area contributed by atoms with Gasteiger partial charge in [-0.2, -0.15) is 0 Å². The molecule has 3 aromatic carbocycles. The highest BCUT2D eigenvalue weighted by molar-refractivity contribution is 9.10. The van der Waals surface area contributed by atoms with E-state index < -0.39 is 16.5 Å². The first kappa shape index (κ1) is 28.8. The number of esters is 1. The van der Waals surface area contributed by atoms with Gasteiger partial charge in [0.15, 0.2) is 0 Å². The first-order valence-corrected chi connectivity index (χ1v) is 14.1. The number of hydrogen-bond acceptors (Lipinski definition) is 3. The van der Waals surface area contributed by atoms with Gasteiger partial charge in [-0.3, -0.25) is 4.79 Å². The molecule has 0 heterocycles. The molecule has 6 heteroatoms. The average Bonchev–Trinajstić information content (AvgIpc) is 2.87. The minimum absolute atomic E-state index is 0.163. The molecule has 202 valence electrons. The van der Waals surface area contributed by atoms with Crippen LogP contribution in [0.2, 0.25) is 0 Å². The molecule has 4 rings (SSSR count). The van der Waals surface area contributed by atoms with Crippen molar-refractivity contribution in [2.24, 2.45) is 0 Å². The first-order valence-electron chi connectivity index (χ1n) is 13.0. The number of hydrogen-bond donors (Lipinski definition) is 1. The first-order chi connectivity index (χ1) is 18.4. The second kappa shape index (κ2) is 11.9. The molecular formula is C33H33BrClNO3. The minimum Gasteiger partial charge on any atom is -0.456 e. The fourth-order valence-electron chi connectivity index (χ4n) is 4.64. The third kappa shape index (κ3) is 7.71. The Labute approximate surface area is 244 Å². The number of amides is 1. The Bertz CT molecular complexity index is 1390. The second-order valence-corrected chi connectivity index (χ2v) is 12.5. The molecule has 4 nitrogen and oxygen atoms in total. The van der Waals surface area contributed by atoms with Crippen LogP contribution in [0.25, 0.3) is 5.57 Å².